The second kappa shape index (κ2) is 12.6. The number of ketones is 1. The fraction of sp³-hybridized carbons (Fsp3) is 0.192. The van der Waals surface area contributed by atoms with Gasteiger partial charge in [-0.15, -0.1) is 0 Å². The summed E-state index contributed by atoms with van der Waals surface area (Å²) in [5.74, 6) is 0.0246. The molecule has 3 rings (SSSR count). The molecule has 2 N–H and O–H groups in total. The maximum Gasteiger partial charge on any atom is 0.343 e. The van der Waals surface area contributed by atoms with Gasteiger partial charge in [0.25, 0.3) is 5.91 Å². The number of rotatable bonds is 8. The number of nitrogens with one attached hydrogen (secondary N) is 1. The molecule has 0 saturated carbocycles. The van der Waals surface area contributed by atoms with Gasteiger partial charge in [-0.25, -0.2) is 4.79 Å². The van der Waals surface area contributed by atoms with Gasteiger partial charge >= 0.3 is 5.97 Å². The second-order valence-corrected chi connectivity index (χ2v) is 6.97. The van der Waals surface area contributed by atoms with E-state index >= 15 is 0 Å². The van der Waals surface area contributed by atoms with Crippen LogP contribution >= 0.6 is 0 Å². The van der Waals surface area contributed by atoms with E-state index in [1.807, 2.05) is 0 Å². The Morgan fingerprint density at radius 3 is 1.40 bits per heavy atom. The van der Waals surface area contributed by atoms with Gasteiger partial charge in [0, 0.05) is 11.3 Å². The number of Topliss-reactive ketones (excluding diaryl/α,β-unsaturated/α-hetero) is 1. The number of carboxylic acids is 1. The third-order valence-electron chi connectivity index (χ3n) is 4.85. The second-order valence-electron chi connectivity index (χ2n) is 6.97. The third kappa shape index (κ3) is 6.73. The van der Waals surface area contributed by atoms with E-state index in [0.29, 0.717) is 39.8 Å². The topological polar surface area (TPSA) is 120 Å². The van der Waals surface area contributed by atoms with Gasteiger partial charge in [0.1, 0.15) is 34.1 Å². The van der Waals surface area contributed by atoms with Gasteiger partial charge in [-0.1, -0.05) is 12.1 Å². The summed E-state index contributed by atoms with van der Waals surface area (Å²) in [4.78, 5) is 34.5. The minimum absolute atomic E-state index is 0.0238. The molecule has 35 heavy (non-hydrogen) atoms. The molecule has 0 radical (unpaired) electrons. The van der Waals surface area contributed by atoms with Crippen molar-refractivity contribution in [2.24, 2.45) is 0 Å². The van der Waals surface area contributed by atoms with Crippen molar-refractivity contribution < 1.29 is 38.4 Å². The first kappa shape index (κ1) is 26.7. The number of carbonyl (C=O) groups excluding carboxylic acids is 2. The van der Waals surface area contributed by atoms with E-state index in [0.717, 1.165) is 0 Å². The molecule has 9 nitrogen and oxygen atoms in total. The Kier molecular flexibility index (Phi) is 9.65. The molecule has 0 heterocycles. The molecule has 0 saturated heterocycles. The highest BCUT2D eigenvalue weighted by molar-refractivity contribution is 6.08. The zero-order chi connectivity index (χ0) is 26.0. The zero-order valence-electron chi connectivity index (χ0n) is 20.1. The first-order valence-corrected chi connectivity index (χ1v) is 10.3. The summed E-state index contributed by atoms with van der Waals surface area (Å²) >= 11 is 0. The van der Waals surface area contributed by atoms with E-state index in [-0.39, 0.29) is 17.3 Å². The molecule has 0 atom stereocenters. The summed E-state index contributed by atoms with van der Waals surface area (Å²) in [6.07, 6.45) is 0. The predicted octanol–water partition coefficient (Wildman–Crippen LogP) is 4.56. The van der Waals surface area contributed by atoms with Crippen molar-refractivity contribution in [3.63, 3.8) is 0 Å². The number of hydrogen-bond donors (Lipinski definition) is 2. The van der Waals surface area contributed by atoms with Crippen LogP contribution in [0.1, 0.15) is 38.0 Å². The van der Waals surface area contributed by atoms with Crippen molar-refractivity contribution in [1.29, 1.82) is 0 Å². The zero-order valence-corrected chi connectivity index (χ0v) is 20.1. The molecular weight excluding hydrogens is 454 g/mol. The number of benzene rings is 3. The Bertz CT molecular complexity index is 1140. The summed E-state index contributed by atoms with van der Waals surface area (Å²) < 4.78 is 20.2. The van der Waals surface area contributed by atoms with Gasteiger partial charge in [0.2, 0.25) is 0 Å². The highest BCUT2D eigenvalue weighted by Gasteiger charge is 2.18. The van der Waals surface area contributed by atoms with Crippen LogP contribution in [0.15, 0.2) is 60.7 Å². The van der Waals surface area contributed by atoms with Crippen LogP contribution in [-0.4, -0.2) is 51.2 Å². The predicted molar refractivity (Wildman–Crippen MR) is 130 cm³/mol. The lowest BCUT2D eigenvalue weighted by atomic mass is 10.1. The van der Waals surface area contributed by atoms with Crippen LogP contribution in [0, 0.1) is 0 Å². The van der Waals surface area contributed by atoms with Crippen molar-refractivity contribution in [3.05, 3.63) is 77.4 Å². The Hall–Kier alpha value is -4.53. The average Bonchev–Trinajstić information content (AvgIpc) is 2.87. The molecule has 3 aromatic carbocycles. The summed E-state index contributed by atoms with van der Waals surface area (Å²) in [5.41, 5.74) is 1.55. The molecule has 0 aliphatic heterocycles. The van der Waals surface area contributed by atoms with Crippen molar-refractivity contribution in [1.82, 2.24) is 0 Å². The molecular formula is C26H27NO8. The first-order valence-electron chi connectivity index (χ1n) is 10.3. The van der Waals surface area contributed by atoms with Gasteiger partial charge in [0.15, 0.2) is 5.78 Å². The molecule has 0 aliphatic rings. The number of ether oxygens (including phenoxy) is 4. The quantitative estimate of drug-likeness (QED) is 0.449. The molecule has 0 fully saturated rings. The normalized spacial score (nSPS) is 9.74. The highest BCUT2D eigenvalue weighted by atomic mass is 16.5. The van der Waals surface area contributed by atoms with Crippen molar-refractivity contribution >= 4 is 23.3 Å². The summed E-state index contributed by atoms with van der Waals surface area (Å²) in [6, 6.07) is 16.6. The van der Waals surface area contributed by atoms with Crippen LogP contribution < -0.4 is 24.3 Å². The SMILES string of the molecule is COc1cccc(OC)c1C(=O)Nc1ccc(C(C)=O)cc1.COc1cccc(OC)c1C(=O)O. The Morgan fingerprint density at radius 2 is 1.06 bits per heavy atom. The lowest BCUT2D eigenvalue weighted by Crippen LogP contribution is -2.14. The number of carboxylic acid groups (broad SMARTS) is 1. The first-order chi connectivity index (χ1) is 16.8. The molecule has 3 aromatic rings. The fourth-order valence-corrected chi connectivity index (χ4v) is 3.12. The molecule has 0 aliphatic carbocycles. The summed E-state index contributed by atoms with van der Waals surface area (Å²) in [7, 11) is 5.82. The largest absolute Gasteiger partial charge is 0.496 e. The van der Waals surface area contributed by atoms with E-state index in [1.54, 1.807) is 60.7 Å². The fourth-order valence-electron chi connectivity index (χ4n) is 3.12. The van der Waals surface area contributed by atoms with Crippen LogP contribution in [0.25, 0.3) is 0 Å². The van der Waals surface area contributed by atoms with Crippen LogP contribution in [0.3, 0.4) is 0 Å². The Balaban J connectivity index is 0.000000283. The van der Waals surface area contributed by atoms with E-state index in [1.165, 1.54) is 35.4 Å². The number of carbonyl (C=O) groups is 3. The Morgan fingerprint density at radius 1 is 0.657 bits per heavy atom. The third-order valence-corrected chi connectivity index (χ3v) is 4.85. The van der Waals surface area contributed by atoms with Crippen molar-refractivity contribution in [2.45, 2.75) is 6.92 Å². The smallest absolute Gasteiger partial charge is 0.343 e. The maximum atomic E-state index is 12.5. The van der Waals surface area contributed by atoms with E-state index in [9.17, 15) is 14.4 Å². The number of methoxy groups -OCH3 is 4. The lowest BCUT2D eigenvalue weighted by Gasteiger charge is -2.13. The van der Waals surface area contributed by atoms with Gasteiger partial charge in [0.05, 0.1) is 28.4 Å². The number of anilines is 1. The van der Waals surface area contributed by atoms with Crippen LogP contribution in [0.4, 0.5) is 5.69 Å². The molecule has 0 aromatic heterocycles. The summed E-state index contributed by atoms with van der Waals surface area (Å²) in [6.45, 7) is 1.49. The van der Waals surface area contributed by atoms with Crippen LogP contribution in [-0.2, 0) is 0 Å². The van der Waals surface area contributed by atoms with Crippen LogP contribution in [0.2, 0.25) is 0 Å². The maximum absolute atomic E-state index is 12.5. The molecule has 1 amide bonds. The molecule has 0 unspecified atom stereocenters. The van der Waals surface area contributed by atoms with E-state index in [4.69, 9.17) is 24.1 Å². The summed E-state index contributed by atoms with van der Waals surface area (Å²) in [5, 5.41) is 11.6. The van der Waals surface area contributed by atoms with E-state index < -0.39 is 5.97 Å². The van der Waals surface area contributed by atoms with Crippen LogP contribution in [0.5, 0.6) is 23.0 Å². The molecule has 9 heteroatoms. The van der Waals surface area contributed by atoms with Crippen molar-refractivity contribution in [3.8, 4) is 23.0 Å². The minimum Gasteiger partial charge on any atom is -0.496 e. The van der Waals surface area contributed by atoms with E-state index in [2.05, 4.69) is 5.32 Å². The Labute approximate surface area is 203 Å². The van der Waals surface area contributed by atoms with Gasteiger partial charge < -0.3 is 29.4 Å². The minimum atomic E-state index is -1.06. The standard InChI is InChI=1S/C17H17NO4.C9H10O4/c1-11(19)12-7-9-13(10-8-12)18-17(20)16-14(21-2)5-4-6-15(16)22-3;1-12-6-4-3-5-7(13-2)8(6)9(10)11/h4-10H,1-3H3,(H,18,20);3-5H,1-2H3,(H,10,11). The molecule has 0 bridgehead atoms. The van der Waals surface area contributed by atoms with Crippen molar-refractivity contribution in [2.75, 3.05) is 33.8 Å². The number of amides is 1. The highest BCUT2D eigenvalue weighted by Crippen LogP contribution is 2.29. The molecule has 0 spiro atoms. The van der Waals surface area contributed by atoms with Gasteiger partial charge in [-0.3, -0.25) is 9.59 Å². The lowest BCUT2D eigenvalue weighted by molar-refractivity contribution is 0.0689. The average molecular weight is 482 g/mol. The number of aromatic carboxylic acids is 1. The van der Waals surface area contributed by atoms with Gasteiger partial charge in [-0.05, 0) is 55.5 Å². The van der Waals surface area contributed by atoms with Gasteiger partial charge in [-0.2, -0.15) is 0 Å². The molecule has 184 valence electrons. The number of hydrogen-bond acceptors (Lipinski definition) is 7. The monoisotopic (exact) mass is 481 g/mol.